The minimum Gasteiger partial charge on any atom is -0.228 e. The zero-order valence-electron chi connectivity index (χ0n) is 8.50. The Hall–Kier alpha value is -1.91. The highest BCUT2D eigenvalue weighted by molar-refractivity contribution is 5.63. The molecule has 0 spiro atoms. The molecule has 17 heavy (non-hydrogen) atoms. The number of alkyl halides is 3. The largest absolute Gasteiger partial charge is 0.416 e. The summed E-state index contributed by atoms with van der Waals surface area (Å²) in [4.78, 5) is 3.38. The molecule has 0 saturated carbocycles. The van der Waals surface area contributed by atoms with E-state index in [0.717, 1.165) is 12.1 Å². The summed E-state index contributed by atoms with van der Waals surface area (Å²) < 4.78 is 49.8. The van der Waals surface area contributed by atoms with Gasteiger partial charge in [0.2, 0.25) is 5.95 Å². The first-order chi connectivity index (χ1) is 7.97. The first-order valence-corrected chi connectivity index (χ1v) is 4.76. The number of benzene rings is 1. The summed E-state index contributed by atoms with van der Waals surface area (Å²) in [7, 11) is 0. The lowest BCUT2D eigenvalue weighted by Gasteiger charge is -2.07. The van der Waals surface area contributed by atoms with Crippen molar-refractivity contribution in [1.29, 1.82) is 0 Å². The predicted octanol–water partition coefficient (Wildman–Crippen LogP) is 3.91. The Labute approximate surface area is 94.7 Å². The molecule has 2 rings (SSSR count). The number of nitrogens with zero attached hydrogens (tertiary/aromatic N) is 1. The molecule has 0 radical (unpaired) electrons. The highest BCUT2D eigenvalue weighted by Crippen LogP contribution is 2.30. The molecule has 2 aromatic rings. The molecule has 0 atom stereocenters. The van der Waals surface area contributed by atoms with Crippen LogP contribution in [0.3, 0.4) is 0 Å². The number of hydrogen-bond donors (Lipinski definition) is 0. The van der Waals surface area contributed by atoms with Crippen LogP contribution < -0.4 is 0 Å². The lowest BCUT2D eigenvalue weighted by molar-refractivity contribution is -0.137. The molecular weight excluding hydrogens is 234 g/mol. The van der Waals surface area contributed by atoms with Crippen LogP contribution in [-0.4, -0.2) is 4.98 Å². The van der Waals surface area contributed by atoms with Gasteiger partial charge in [-0.1, -0.05) is 12.1 Å². The molecule has 0 aliphatic carbocycles. The van der Waals surface area contributed by atoms with Crippen LogP contribution in [0.2, 0.25) is 0 Å². The van der Waals surface area contributed by atoms with Crippen molar-refractivity contribution in [1.82, 2.24) is 4.98 Å². The van der Waals surface area contributed by atoms with E-state index >= 15 is 0 Å². The van der Waals surface area contributed by atoms with E-state index in [-0.39, 0.29) is 0 Å². The van der Waals surface area contributed by atoms with E-state index < -0.39 is 17.7 Å². The Morgan fingerprint density at radius 2 is 1.53 bits per heavy atom. The van der Waals surface area contributed by atoms with Gasteiger partial charge in [-0.15, -0.1) is 0 Å². The molecule has 5 heteroatoms. The smallest absolute Gasteiger partial charge is 0.228 e. The van der Waals surface area contributed by atoms with Crippen LogP contribution in [0.4, 0.5) is 17.6 Å². The molecule has 1 heterocycles. The molecule has 1 aromatic heterocycles. The average molecular weight is 241 g/mol. The Balaban J connectivity index is 2.36. The third kappa shape index (κ3) is 2.61. The van der Waals surface area contributed by atoms with Gasteiger partial charge >= 0.3 is 6.18 Å². The summed E-state index contributed by atoms with van der Waals surface area (Å²) in [6.07, 6.45) is -3.09. The standard InChI is InChI=1S/C12H7F4N/c13-11-7-9(5-6-17-11)8-1-3-10(4-2-8)12(14,15)16/h1-7H. The number of hydrogen-bond acceptors (Lipinski definition) is 1. The second-order valence-corrected chi connectivity index (χ2v) is 3.44. The van der Waals surface area contributed by atoms with Crippen molar-refractivity contribution in [3.8, 4) is 11.1 Å². The van der Waals surface area contributed by atoms with Gasteiger partial charge in [0, 0.05) is 12.3 Å². The molecule has 0 aliphatic rings. The lowest BCUT2D eigenvalue weighted by Crippen LogP contribution is -2.03. The lowest BCUT2D eigenvalue weighted by atomic mass is 10.1. The Bertz CT molecular complexity index is 517. The fourth-order valence-corrected chi connectivity index (χ4v) is 1.43. The van der Waals surface area contributed by atoms with Gasteiger partial charge < -0.3 is 0 Å². The third-order valence-corrected chi connectivity index (χ3v) is 2.27. The Morgan fingerprint density at radius 1 is 0.882 bits per heavy atom. The zero-order valence-corrected chi connectivity index (χ0v) is 8.50. The summed E-state index contributed by atoms with van der Waals surface area (Å²) in [6, 6.07) is 7.24. The van der Waals surface area contributed by atoms with Crippen molar-refractivity contribution < 1.29 is 17.6 Å². The van der Waals surface area contributed by atoms with Crippen LogP contribution >= 0.6 is 0 Å². The summed E-state index contributed by atoms with van der Waals surface area (Å²) in [6.45, 7) is 0. The van der Waals surface area contributed by atoms with Crippen LogP contribution in [0.15, 0.2) is 42.6 Å². The van der Waals surface area contributed by atoms with Gasteiger partial charge in [0.1, 0.15) is 0 Å². The highest BCUT2D eigenvalue weighted by atomic mass is 19.4. The fraction of sp³-hybridized carbons (Fsp3) is 0.0833. The van der Waals surface area contributed by atoms with Crippen LogP contribution in [0.1, 0.15) is 5.56 Å². The monoisotopic (exact) mass is 241 g/mol. The predicted molar refractivity (Wildman–Crippen MR) is 54.6 cm³/mol. The molecule has 0 fully saturated rings. The molecule has 0 N–H and O–H groups in total. The SMILES string of the molecule is Fc1cc(-c2ccc(C(F)(F)F)cc2)ccn1. The van der Waals surface area contributed by atoms with Gasteiger partial charge in [-0.2, -0.15) is 17.6 Å². The maximum absolute atomic E-state index is 12.8. The molecule has 0 bridgehead atoms. The summed E-state index contributed by atoms with van der Waals surface area (Å²) in [5, 5.41) is 0. The van der Waals surface area contributed by atoms with Gasteiger partial charge in [0.15, 0.2) is 0 Å². The molecule has 1 aromatic carbocycles. The Kier molecular flexibility index (Phi) is 2.83. The van der Waals surface area contributed by atoms with Crippen LogP contribution in [0, 0.1) is 5.95 Å². The van der Waals surface area contributed by atoms with E-state index in [2.05, 4.69) is 4.98 Å². The van der Waals surface area contributed by atoms with Crippen molar-refractivity contribution >= 4 is 0 Å². The number of pyridine rings is 1. The first kappa shape index (κ1) is 11.6. The summed E-state index contributed by atoms with van der Waals surface area (Å²) >= 11 is 0. The van der Waals surface area contributed by atoms with Gasteiger partial charge in [0.05, 0.1) is 5.56 Å². The normalized spacial score (nSPS) is 11.5. The highest BCUT2D eigenvalue weighted by Gasteiger charge is 2.29. The summed E-state index contributed by atoms with van der Waals surface area (Å²) in [5.41, 5.74) is 0.279. The van der Waals surface area contributed by atoms with Gasteiger partial charge in [0.25, 0.3) is 0 Å². The van der Waals surface area contributed by atoms with E-state index in [1.54, 1.807) is 0 Å². The van der Waals surface area contributed by atoms with Crippen molar-refractivity contribution in [2.45, 2.75) is 6.18 Å². The van der Waals surface area contributed by atoms with E-state index in [1.165, 1.54) is 30.5 Å². The zero-order chi connectivity index (χ0) is 12.5. The van der Waals surface area contributed by atoms with Crippen molar-refractivity contribution in [2.24, 2.45) is 0 Å². The van der Waals surface area contributed by atoms with Crippen LogP contribution in [0.5, 0.6) is 0 Å². The molecule has 0 saturated heterocycles. The number of rotatable bonds is 1. The molecule has 0 unspecified atom stereocenters. The molecule has 0 amide bonds. The number of aromatic nitrogens is 1. The topological polar surface area (TPSA) is 12.9 Å². The average Bonchev–Trinajstić information content (AvgIpc) is 2.28. The minimum absolute atomic E-state index is 0.492. The molecule has 88 valence electrons. The van der Waals surface area contributed by atoms with Crippen molar-refractivity contribution in [2.75, 3.05) is 0 Å². The van der Waals surface area contributed by atoms with E-state index in [1.807, 2.05) is 0 Å². The van der Waals surface area contributed by atoms with E-state index in [0.29, 0.717) is 11.1 Å². The molecule has 0 aliphatic heterocycles. The molecule has 1 nitrogen and oxygen atoms in total. The van der Waals surface area contributed by atoms with Gasteiger partial charge in [-0.05, 0) is 29.3 Å². The van der Waals surface area contributed by atoms with E-state index in [9.17, 15) is 17.6 Å². The summed E-state index contributed by atoms with van der Waals surface area (Å²) in [5.74, 6) is -0.664. The van der Waals surface area contributed by atoms with Crippen molar-refractivity contribution in [3.63, 3.8) is 0 Å². The van der Waals surface area contributed by atoms with Crippen molar-refractivity contribution in [3.05, 3.63) is 54.1 Å². The van der Waals surface area contributed by atoms with E-state index in [4.69, 9.17) is 0 Å². The fourth-order valence-electron chi connectivity index (χ4n) is 1.43. The minimum atomic E-state index is -4.36. The second kappa shape index (κ2) is 4.16. The van der Waals surface area contributed by atoms with Crippen LogP contribution in [-0.2, 0) is 6.18 Å². The molecular formula is C12H7F4N. The van der Waals surface area contributed by atoms with Gasteiger partial charge in [-0.3, -0.25) is 0 Å². The van der Waals surface area contributed by atoms with Crippen LogP contribution in [0.25, 0.3) is 11.1 Å². The third-order valence-electron chi connectivity index (χ3n) is 2.27. The maximum atomic E-state index is 12.8. The quantitative estimate of drug-likeness (QED) is 0.545. The Morgan fingerprint density at radius 3 is 2.06 bits per heavy atom. The van der Waals surface area contributed by atoms with Gasteiger partial charge in [-0.25, -0.2) is 4.98 Å². The number of halogens is 4. The second-order valence-electron chi connectivity index (χ2n) is 3.44. The maximum Gasteiger partial charge on any atom is 0.416 e. The first-order valence-electron chi connectivity index (χ1n) is 4.76.